The number of aliphatic hydroxyl groups excluding tert-OH is 1. The van der Waals surface area contributed by atoms with E-state index in [0.29, 0.717) is 17.9 Å². The van der Waals surface area contributed by atoms with E-state index in [9.17, 15) is 10.1 Å². The van der Waals surface area contributed by atoms with Gasteiger partial charge in [0.05, 0.1) is 4.92 Å². The maximum absolute atomic E-state index is 11.3. The Hall–Kier alpha value is -1.63. The number of aliphatic hydroxyl groups is 1. The molecular weight excluding hydrogens is 248 g/mol. The zero-order valence-electron chi connectivity index (χ0n) is 12.1. The molecular formula is C12H22N4O3. The summed E-state index contributed by atoms with van der Waals surface area (Å²) in [6.07, 6.45) is 0.492. The highest BCUT2D eigenvalue weighted by Gasteiger charge is 2.31. The van der Waals surface area contributed by atoms with Crippen LogP contribution in [0.1, 0.15) is 45.7 Å². The zero-order valence-corrected chi connectivity index (χ0v) is 12.1. The Bertz CT molecular complexity index is 466. The molecule has 0 radical (unpaired) electrons. The minimum Gasteiger partial charge on any atom is -0.396 e. The molecule has 1 heterocycles. The molecule has 0 saturated heterocycles. The number of hydrogen-bond donors (Lipinski definition) is 2. The first-order chi connectivity index (χ1) is 8.69. The van der Waals surface area contributed by atoms with E-state index in [1.807, 2.05) is 27.7 Å². The van der Waals surface area contributed by atoms with Gasteiger partial charge in [-0.15, -0.1) is 0 Å². The minimum absolute atomic E-state index is 0.0166. The molecule has 0 aliphatic carbocycles. The summed E-state index contributed by atoms with van der Waals surface area (Å²) in [6, 6.07) is 0. The summed E-state index contributed by atoms with van der Waals surface area (Å²) in [4.78, 5) is 10.9. The Kier molecular flexibility index (Phi) is 4.52. The van der Waals surface area contributed by atoms with E-state index in [1.165, 1.54) is 4.68 Å². The predicted octanol–water partition coefficient (Wildman–Crippen LogP) is 2.02. The lowest BCUT2D eigenvalue weighted by Gasteiger charge is -2.25. The van der Waals surface area contributed by atoms with Gasteiger partial charge in [-0.3, -0.25) is 10.1 Å². The van der Waals surface area contributed by atoms with Gasteiger partial charge in [-0.1, -0.05) is 13.8 Å². The zero-order chi connectivity index (χ0) is 14.8. The van der Waals surface area contributed by atoms with E-state index >= 15 is 0 Å². The number of nitro groups is 1. The van der Waals surface area contributed by atoms with Gasteiger partial charge in [0.2, 0.25) is 5.82 Å². The van der Waals surface area contributed by atoms with Gasteiger partial charge in [0.1, 0.15) is 5.69 Å². The number of aromatic nitrogens is 2. The number of rotatable bonds is 6. The molecule has 7 nitrogen and oxygen atoms in total. The Morgan fingerprint density at radius 3 is 2.53 bits per heavy atom. The molecule has 2 N–H and O–H groups in total. The molecule has 0 unspecified atom stereocenters. The van der Waals surface area contributed by atoms with E-state index in [-0.39, 0.29) is 18.2 Å². The Morgan fingerprint density at radius 1 is 1.53 bits per heavy atom. The summed E-state index contributed by atoms with van der Waals surface area (Å²) in [5.41, 5.74) is 0.0416. The van der Waals surface area contributed by atoms with E-state index < -0.39 is 10.5 Å². The highest BCUT2D eigenvalue weighted by molar-refractivity contribution is 5.61. The van der Waals surface area contributed by atoms with Crippen molar-refractivity contribution in [1.82, 2.24) is 9.78 Å². The van der Waals surface area contributed by atoms with Crippen LogP contribution in [0.25, 0.3) is 0 Å². The highest BCUT2D eigenvalue weighted by Crippen LogP contribution is 2.34. The van der Waals surface area contributed by atoms with Crippen LogP contribution in [0.4, 0.5) is 11.5 Å². The maximum Gasteiger partial charge on any atom is 0.334 e. The van der Waals surface area contributed by atoms with Gasteiger partial charge in [-0.05, 0) is 20.3 Å². The van der Waals surface area contributed by atoms with Gasteiger partial charge in [0, 0.05) is 25.1 Å². The monoisotopic (exact) mass is 270 g/mol. The molecule has 0 saturated carbocycles. The lowest BCUT2D eigenvalue weighted by atomic mass is 10.0. The average molecular weight is 270 g/mol. The molecule has 1 rings (SSSR count). The number of nitrogens with zero attached hydrogens (tertiary/aromatic N) is 3. The van der Waals surface area contributed by atoms with Crippen LogP contribution in [-0.2, 0) is 7.05 Å². The average Bonchev–Trinajstić information content (AvgIpc) is 2.55. The molecule has 19 heavy (non-hydrogen) atoms. The molecule has 0 fully saturated rings. The van der Waals surface area contributed by atoms with Gasteiger partial charge >= 0.3 is 5.69 Å². The van der Waals surface area contributed by atoms with Gasteiger partial charge in [0.25, 0.3) is 0 Å². The fourth-order valence-electron chi connectivity index (χ4n) is 1.91. The molecule has 7 heteroatoms. The van der Waals surface area contributed by atoms with Gasteiger partial charge in [-0.25, -0.2) is 4.68 Å². The van der Waals surface area contributed by atoms with Crippen molar-refractivity contribution in [3.05, 3.63) is 15.8 Å². The van der Waals surface area contributed by atoms with Gasteiger partial charge in [0.15, 0.2) is 0 Å². The molecule has 0 aromatic carbocycles. The Morgan fingerprint density at radius 2 is 2.11 bits per heavy atom. The quantitative estimate of drug-likeness (QED) is 0.609. The standard InChI is InChI=1S/C12H22N4O3/c1-8(2)9-10(16(18)19)11(15(5)14-9)13-12(3,4)6-7-17/h8,13,17H,6-7H2,1-5H3. The van der Waals surface area contributed by atoms with Crippen molar-refractivity contribution < 1.29 is 10.0 Å². The summed E-state index contributed by atoms with van der Waals surface area (Å²) in [5, 5.41) is 27.6. The first kappa shape index (κ1) is 15.4. The second-order valence-electron chi connectivity index (χ2n) is 5.60. The van der Waals surface area contributed by atoms with Crippen LogP contribution in [-0.4, -0.2) is 32.0 Å². The van der Waals surface area contributed by atoms with Gasteiger partial charge < -0.3 is 10.4 Å². The summed E-state index contributed by atoms with van der Waals surface area (Å²) >= 11 is 0. The molecule has 0 aliphatic heterocycles. The number of anilines is 1. The largest absolute Gasteiger partial charge is 0.396 e. The van der Waals surface area contributed by atoms with Crippen LogP contribution in [0.3, 0.4) is 0 Å². The molecule has 0 aliphatic rings. The van der Waals surface area contributed by atoms with E-state index in [2.05, 4.69) is 10.4 Å². The van der Waals surface area contributed by atoms with Crippen LogP contribution in [0.2, 0.25) is 0 Å². The van der Waals surface area contributed by atoms with Crippen molar-refractivity contribution in [3.63, 3.8) is 0 Å². The SMILES string of the molecule is CC(C)c1nn(C)c(NC(C)(C)CCO)c1[N+](=O)[O-]. The van der Waals surface area contributed by atoms with E-state index in [4.69, 9.17) is 5.11 Å². The molecule has 1 aromatic heterocycles. The highest BCUT2D eigenvalue weighted by atomic mass is 16.6. The van der Waals surface area contributed by atoms with Crippen LogP contribution in [0.15, 0.2) is 0 Å². The maximum atomic E-state index is 11.3. The van der Waals surface area contributed by atoms with Crippen LogP contribution >= 0.6 is 0 Å². The Balaban J connectivity index is 3.23. The van der Waals surface area contributed by atoms with Crippen molar-refractivity contribution in [2.45, 2.75) is 45.6 Å². The molecule has 108 valence electrons. The minimum atomic E-state index is -0.443. The third kappa shape index (κ3) is 3.44. The molecule has 0 bridgehead atoms. The first-order valence-electron chi connectivity index (χ1n) is 6.30. The first-order valence-corrected chi connectivity index (χ1v) is 6.30. The van der Waals surface area contributed by atoms with Gasteiger partial charge in [-0.2, -0.15) is 5.10 Å². The molecule has 0 spiro atoms. The fraction of sp³-hybridized carbons (Fsp3) is 0.750. The van der Waals surface area contributed by atoms with Crippen molar-refractivity contribution in [2.24, 2.45) is 7.05 Å². The predicted molar refractivity (Wildman–Crippen MR) is 73.4 cm³/mol. The smallest absolute Gasteiger partial charge is 0.334 e. The normalized spacial score (nSPS) is 11.9. The van der Waals surface area contributed by atoms with Crippen molar-refractivity contribution in [3.8, 4) is 0 Å². The third-order valence-electron chi connectivity index (χ3n) is 2.97. The second-order valence-corrected chi connectivity index (χ2v) is 5.60. The summed E-state index contributed by atoms with van der Waals surface area (Å²) < 4.78 is 1.49. The number of aryl methyl sites for hydroxylation is 1. The summed E-state index contributed by atoms with van der Waals surface area (Å²) in [6.45, 7) is 7.53. The van der Waals surface area contributed by atoms with Crippen molar-refractivity contribution >= 4 is 11.5 Å². The fourth-order valence-corrected chi connectivity index (χ4v) is 1.91. The summed E-state index contributed by atoms with van der Waals surface area (Å²) in [7, 11) is 1.68. The summed E-state index contributed by atoms with van der Waals surface area (Å²) in [5.74, 6) is 0.357. The lowest BCUT2D eigenvalue weighted by Crippen LogP contribution is -2.33. The van der Waals surface area contributed by atoms with Crippen LogP contribution in [0, 0.1) is 10.1 Å². The number of hydrogen-bond acceptors (Lipinski definition) is 5. The van der Waals surface area contributed by atoms with Crippen LogP contribution < -0.4 is 5.32 Å². The Labute approximate surface area is 112 Å². The van der Waals surface area contributed by atoms with E-state index in [0.717, 1.165) is 0 Å². The topological polar surface area (TPSA) is 93.2 Å². The van der Waals surface area contributed by atoms with Crippen molar-refractivity contribution in [2.75, 3.05) is 11.9 Å². The third-order valence-corrected chi connectivity index (χ3v) is 2.97. The lowest BCUT2D eigenvalue weighted by molar-refractivity contribution is -0.384. The van der Waals surface area contributed by atoms with Crippen molar-refractivity contribution in [1.29, 1.82) is 0 Å². The molecule has 1 aromatic rings. The van der Waals surface area contributed by atoms with E-state index in [1.54, 1.807) is 7.05 Å². The second kappa shape index (κ2) is 5.56. The molecule has 0 atom stereocenters. The molecule has 0 amide bonds. The number of nitrogens with one attached hydrogen (secondary N) is 1. The van der Waals surface area contributed by atoms with Crippen LogP contribution in [0.5, 0.6) is 0 Å².